The summed E-state index contributed by atoms with van der Waals surface area (Å²) in [5.74, 6) is 0.603. The van der Waals surface area contributed by atoms with Crippen molar-refractivity contribution < 1.29 is 20.4 Å². The van der Waals surface area contributed by atoms with Crippen LogP contribution in [-0.4, -0.2) is 22.1 Å². The van der Waals surface area contributed by atoms with Crippen LogP contribution in [0.15, 0.2) is 76.7 Å². The van der Waals surface area contributed by atoms with Crippen LogP contribution in [-0.2, 0) is 24.3 Å². The van der Waals surface area contributed by atoms with E-state index in [1.54, 1.807) is 6.26 Å². The molecule has 1 unspecified atom stereocenters. The highest BCUT2D eigenvalue weighted by molar-refractivity contribution is 7.09. The van der Waals surface area contributed by atoms with E-state index in [0.717, 1.165) is 33.3 Å². The maximum atomic E-state index is 10.8. The van der Waals surface area contributed by atoms with E-state index in [9.17, 15) is 4.79 Å². The van der Waals surface area contributed by atoms with Crippen molar-refractivity contribution in [2.24, 2.45) is 0 Å². The second-order valence-electron chi connectivity index (χ2n) is 8.11. The highest BCUT2D eigenvalue weighted by Gasteiger charge is 2.15. The highest BCUT2D eigenvalue weighted by atomic mass is 32.1. The topological polar surface area (TPSA) is 75.8 Å². The molecule has 4 aromatic rings. The maximum Gasteiger partial charge on any atom is 0.303 e. The lowest BCUT2D eigenvalue weighted by molar-refractivity contribution is -0.136. The normalized spacial score (nSPS) is 12.4. The third kappa shape index (κ3) is 6.05. The van der Waals surface area contributed by atoms with Crippen molar-refractivity contribution in [3.05, 3.63) is 88.6 Å². The van der Waals surface area contributed by atoms with Crippen LogP contribution in [0.3, 0.4) is 0 Å². The lowest BCUT2D eigenvalue weighted by Gasteiger charge is -2.30. The Kier molecular flexibility index (Phi) is 7.21. The number of aliphatic carboxylic acids is 1. The minimum Gasteiger partial charge on any atom is -0.487 e. The third-order valence-electron chi connectivity index (χ3n) is 5.25. The van der Waals surface area contributed by atoms with Gasteiger partial charge in [0.25, 0.3) is 0 Å². The first-order valence-electron chi connectivity index (χ1n) is 11.7. The van der Waals surface area contributed by atoms with Gasteiger partial charge in [-0.3, -0.25) is 4.79 Å². The Balaban J connectivity index is 1.50. The quantitative estimate of drug-likeness (QED) is 0.269. The van der Waals surface area contributed by atoms with Gasteiger partial charge in [-0.15, -0.1) is 11.3 Å². The molecule has 0 aliphatic heterocycles. The van der Waals surface area contributed by atoms with Crippen LogP contribution < -0.4 is 9.64 Å². The molecule has 2 aromatic heterocycles. The molecule has 1 atom stereocenters. The molecule has 7 heteroatoms. The molecule has 2 heterocycles. The Morgan fingerprint density at radius 1 is 1.18 bits per heavy atom. The number of furan rings is 1. The summed E-state index contributed by atoms with van der Waals surface area (Å²) in [4.78, 5) is 17.3. The Morgan fingerprint density at radius 2 is 1.97 bits per heavy atom. The number of carbonyl (C=O) groups is 1. The number of carboxylic acids is 1. The number of hydrogen-bond acceptors (Lipinski definition) is 6. The molecule has 1 N–H and O–H groups in total. The zero-order chi connectivity index (χ0) is 24.8. The summed E-state index contributed by atoms with van der Waals surface area (Å²) in [6.45, 7) is 3.72. The van der Waals surface area contributed by atoms with Gasteiger partial charge in [-0.05, 0) is 56.3 Å². The van der Waals surface area contributed by atoms with Crippen molar-refractivity contribution >= 4 is 23.0 Å². The highest BCUT2D eigenvalue weighted by Crippen LogP contribution is 2.28. The first-order chi connectivity index (χ1) is 16.9. The number of hydrogen-bond donors (Lipinski definition) is 1. The molecule has 0 fully saturated rings. The minimum atomic E-state index is -0.835. The van der Waals surface area contributed by atoms with Gasteiger partial charge < -0.3 is 19.2 Å². The summed E-state index contributed by atoms with van der Waals surface area (Å²) >= 11 is 1.44. The van der Waals surface area contributed by atoms with Gasteiger partial charge in [0.05, 0.1) is 24.8 Å². The fourth-order valence-electron chi connectivity index (χ4n) is 3.53. The van der Waals surface area contributed by atoms with Gasteiger partial charge in [-0.2, -0.15) is 0 Å². The van der Waals surface area contributed by atoms with Crippen LogP contribution >= 0.6 is 11.3 Å². The minimum absolute atomic E-state index is 0.0602. The summed E-state index contributed by atoms with van der Waals surface area (Å²) in [6.07, 6.45) is 2.13. The summed E-state index contributed by atoms with van der Waals surface area (Å²) in [6, 6.07) is 19.5. The molecule has 6 nitrogen and oxygen atoms in total. The van der Waals surface area contributed by atoms with Crippen molar-refractivity contribution in [2.75, 3.05) is 4.90 Å². The molecule has 2 aromatic carbocycles. The zero-order valence-electron chi connectivity index (χ0n) is 20.2. The van der Waals surface area contributed by atoms with Crippen LogP contribution in [0.5, 0.6) is 5.75 Å². The Hall–Kier alpha value is -3.58. The predicted molar refractivity (Wildman–Crippen MR) is 134 cm³/mol. The number of benzene rings is 2. The number of para-hydroxylation sites is 1. The van der Waals surface area contributed by atoms with Gasteiger partial charge in [0.2, 0.25) is 0 Å². The van der Waals surface area contributed by atoms with Gasteiger partial charge in [-0.25, -0.2) is 4.98 Å². The summed E-state index contributed by atoms with van der Waals surface area (Å²) in [5, 5.41) is 11.5. The number of rotatable bonds is 11. The second kappa shape index (κ2) is 11.0. The van der Waals surface area contributed by atoms with E-state index in [1.807, 2.05) is 70.9 Å². The Bertz CT molecular complexity index is 1240. The van der Waals surface area contributed by atoms with E-state index in [0.29, 0.717) is 12.2 Å². The molecular formula is C27H28N2O4S. The fraction of sp³-hybridized carbons (Fsp3) is 0.259. The monoisotopic (exact) mass is 477 g/mol. The molecule has 0 aliphatic rings. The molecule has 4 rings (SSSR count). The van der Waals surface area contributed by atoms with E-state index in [-0.39, 0.29) is 19.1 Å². The van der Waals surface area contributed by atoms with Crippen LogP contribution in [0.4, 0.5) is 5.69 Å². The Labute approximate surface area is 204 Å². The van der Waals surface area contributed by atoms with Gasteiger partial charge >= 0.3 is 5.97 Å². The molecule has 0 saturated heterocycles. The summed E-state index contributed by atoms with van der Waals surface area (Å²) in [5.41, 5.74) is 3.44. The number of thiazole rings is 1. The average Bonchev–Trinajstić information content (AvgIpc) is 3.54. The first-order valence-corrected chi connectivity index (χ1v) is 12.0. The van der Waals surface area contributed by atoms with Gasteiger partial charge in [0.1, 0.15) is 18.1 Å². The van der Waals surface area contributed by atoms with E-state index in [1.165, 1.54) is 11.3 Å². The van der Waals surface area contributed by atoms with Gasteiger partial charge in [-0.1, -0.05) is 18.2 Å². The molecule has 0 spiro atoms. The van der Waals surface area contributed by atoms with Gasteiger partial charge in [0.15, 0.2) is 0 Å². The number of nitrogens with zero attached hydrogens (tertiary/aromatic N) is 2. The van der Waals surface area contributed by atoms with Crippen molar-refractivity contribution in [1.29, 1.82) is 0 Å². The van der Waals surface area contributed by atoms with Gasteiger partial charge in [0, 0.05) is 41.2 Å². The lowest BCUT2D eigenvalue weighted by atomic mass is 10.1. The predicted octanol–water partition coefficient (Wildman–Crippen LogP) is 6.41. The molecule has 0 bridgehead atoms. The molecular weight excluding hydrogens is 448 g/mol. The van der Waals surface area contributed by atoms with E-state index in [4.69, 9.17) is 15.6 Å². The molecule has 176 valence electrons. The second-order valence-corrected chi connectivity index (χ2v) is 9.05. The summed E-state index contributed by atoms with van der Waals surface area (Å²) in [7, 11) is 0. The van der Waals surface area contributed by atoms with E-state index >= 15 is 0 Å². The van der Waals surface area contributed by atoms with Crippen LogP contribution in [0, 0.1) is 0 Å². The standard InChI is InChI=1S/C27H28N2O4S/c1-19(2)29(23-11-9-20(10-12-23)24-8-5-15-32-24)16-21-6-3-4-7-25(21)33-17-22-18-34-26(28-22)13-14-27(30)31/h3-12,15,18-19H,13-14,16-17H2,1-2H3,(H,30,31)/i16D. The fourth-order valence-corrected chi connectivity index (χ4v) is 4.31. The summed E-state index contributed by atoms with van der Waals surface area (Å²) < 4.78 is 20.7. The third-order valence-corrected chi connectivity index (χ3v) is 6.21. The number of ether oxygens (including phenoxy) is 1. The van der Waals surface area contributed by atoms with Crippen molar-refractivity contribution in [2.45, 2.75) is 45.9 Å². The number of carboxylic acid groups (broad SMARTS) is 1. The van der Waals surface area contributed by atoms with Crippen LogP contribution in [0.25, 0.3) is 11.3 Å². The number of anilines is 1. The molecule has 0 aliphatic carbocycles. The maximum absolute atomic E-state index is 10.8. The van der Waals surface area contributed by atoms with Crippen molar-refractivity contribution in [3.63, 3.8) is 0 Å². The number of aromatic nitrogens is 1. The SMILES string of the molecule is [2H]C(c1ccccc1OCc1csc(CCC(=O)O)n1)N(c1ccc(-c2ccco2)cc1)C(C)C. The van der Waals surface area contributed by atoms with Crippen molar-refractivity contribution in [1.82, 2.24) is 4.98 Å². The zero-order valence-corrected chi connectivity index (χ0v) is 20.0. The molecule has 0 radical (unpaired) electrons. The lowest BCUT2D eigenvalue weighted by Crippen LogP contribution is -2.30. The van der Waals surface area contributed by atoms with Crippen LogP contribution in [0.1, 0.15) is 37.9 Å². The molecule has 34 heavy (non-hydrogen) atoms. The number of aryl methyl sites for hydroxylation is 1. The van der Waals surface area contributed by atoms with Crippen molar-refractivity contribution in [3.8, 4) is 17.1 Å². The molecule has 0 saturated carbocycles. The van der Waals surface area contributed by atoms with Crippen LogP contribution in [0.2, 0.25) is 0 Å². The first kappa shape index (κ1) is 22.2. The average molecular weight is 478 g/mol. The van der Waals surface area contributed by atoms with E-state index in [2.05, 4.69) is 18.8 Å². The smallest absolute Gasteiger partial charge is 0.303 e. The van der Waals surface area contributed by atoms with E-state index < -0.39 is 12.5 Å². The Morgan fingerprint density at radius 3 is 2.68 bits per heavy atom. The molecule has 0 amide bonds. The largest absolute Gasteiger partial charge is 0.487 e.